The molecule has 0 heterocycles. The van der Waals surface area contributed by atoms with Gasteiger partial charge in [-0.25, -0.2) is 0 Å². The quantitative estimate of drug-likeness (QED) is 0.823. The third-order valence-corrected chi connectivity index (χ3v) is 4.31. The fourth-order valence-corrected chi connectivity index (χ4v) is 3.05. The van der Waals surface area contributed by atoms with Gasteiger partial charge >= 0.3 is 0 Å². The molecule has 1 aliphatic rings. The van der Waals surface area contributed by atoms with Gasteiger partial charge in [-0.3, -0.25) is 0 Å². The molecule has 0 atom stereocenters. The fraction of sp³-hybridized carbons (Fsp3) is 0.562. The van der Waals surface area contributed by atoms with Crippen molar-refractivity contribution in [1.29, 1.82) is 0 Å². The van der Waals surface area contributed by atoms with Crippen molar-refractivity contribution in [1.82, 2.24) is 5.32 Å². The van der Waals surface area contributed by atoms with Gasteiger partial charge in [-0.2, -0.15) is 0 Å². The molecule has 2 N–H and O–H groups in total. The molecular formula is C16H24N2OS. The lowest BCUT2D eigenvalue weighted by atomic mass is 9.85. The van der Waals surface area contributed by atoms with Crippen LogP contribution >= 0.6 is 12.2 Å². The molecule has 0 unspecified atom stereocenters. The number of anilines is 1. The van der Waals surface area contributed by atoms with Crippen LogP contribution in [0.2, 0.25) is 0 Å². The third kappa shape index (κ3) is 4.37. The van der Waals surface area contributed by atoms with Crippen LogP contribution in [-0.4, -0.2) is 18.3 Å². The van der Waals surface area contributed by atoms with Crippen LogP contribution in [0.25, 0.3) is 0 Å². The molecule has 0 saturated heterocycles. The van der Waals surface area contributed by atoms with E-state index in [1.54, 1.807) is 7.11 Å². The van der Waals surface area contributed by atoms with Crippen molar-refractivity contribution in [3.05, 3.63) is 24.3 Å². The van der Waals surface area contributed by atoms with E-state index in [4.69, 9.17) is 17.0 Å². The smallest absolute Gasteiger partial charge is 0.170 e. The van der Waals surface area contributed by atoms with E-state index in [-0.39, 0.29) is 0 Å². The second-order valence-corrected chi connectivity index (χ2v) is 5.86. The average Bonchev–Trinajstić information content (AvgIpc) is 2.48. The summed E-state index contributed by atoms with van der Waals surface area (Å²) in [6.07, 6.45) is 6.38. The van der Waals surface area contributed by atoms with E-state index in [1.807, 2.05) is 24.3 Å². The highest BCUT2D eigenvalue weighted by Crippen LogP contribution is 2.26. The molecule has 110 valence electrons. The SMILES string of the molecule is CCC1CCC(NC(=S)Nc2cccc(OC)c2)CC1. The number of hydrogen-bond donors (Lipinski definition) is 2. The number of ether oxygens (including phenoxy) is 1. The highest BCUT2D eigenvalue weighted by Gasteiger charge is 2.20. The molecule has 4 heteroatoms. The van der Waals surface area contributed by atoms with Crippen LogP contribution in [-0.2, 0) is 0 Å². The monoisotopic (exact) mass is 292 g/mol. The number of benzene rings is 1. The van der Waals surface area contributed by atoms with Crippen molar-refractivity contribution in [2.45, 2.75) is 45.1 Å². The first-order valence-electron chi connectivity index (χ1n) is 7.42. The number of nitrogens with one attached hydrogen (secondary N) is 2. The van der Waals surface area contributed by atoms with Gasteiger partial charge in [-0.1, -0.05) is 19.4 Å². The van der Waals surface area contributed by atoms with Crippen molar-refractivity contribution in [3.63, 3.8) is 0 Å². The van der Waals surface area contributed by atoms with Crippen molar-refractivity contribution in [2.24, 2.45) is 5.92 Å². The Balaban J connectivity index is 1.80. The van der Waals surface area contributed by atoms with Crippen LogP contribution < -0.4 is 15.4 Å². The zero-order valence-corrected chi connectivity index (χ0v) is 13.1. The highest BCUT2D eigenvalue weighted by atomic mass is 32.1. The lowest BCUT2D eigenvalue weighted by Crippen LogP contribution is -2.39. The highest BCUT2D eigenvalue weighted by molar-refractivity contribution is 7.80. The molecule has 1 aliphatic carbocycles. The zero-order chi connectivity index (χ0) is 14.4. The molecule has 0 aliphatic heterocycles. The van der Waals surface area contributed by atoms with Crippen molar-refractivity contribution in [3.8, 4) is 5.75 Å². The maximum atomic E-state index is 5.39. The van der Waals surface area contributed by atoms with E-state index >= 15 is 0 Å². The molecule has 3 nitrogen and oxygen atoms in total. The predicted molar refractivity (Wildman–Crippen MR) is 88.4 cm³/mol. The Bertz CT molecular complexity index is 442. The lowest BCUT2D eigenvalue weighted by molar-refractivity contribution is 0.306. The predicted octanol–water partition coefficient (Wildman–Crippen LogP) is 3.95. The molecule has 2 rings (SSSR count). The number of thiocarbonyl (C=S) groups is 1. The van der Waals surface area contributed by atoms with Crippen LogP contribution in [0, 0.1) is 5.92 Å². The summed E-state index contributed by atoms with van der Waals surface area (Å²) in [6.45, 7) is 2.29. The average molecular weight is 292 g/mol. The van der Waals surface area contributed by atoms with E-state index in [9.17, 15) is 0 Å². The molecule has 0 amide bonds. The van der Waals surface area contributed by atoms with Gasteiger partial charge in [-0.05, 0) is 56.0 Å². The number of rotatable bonds is 4. The van der Waals surface area contributed by atoms with Gasteiger partial charge in [0.15, 0.2) is 5.11 Å². The van der Waals surface area contributed by atoms with Crippen molar-refractivity contribution in [2.75, 3.05) is 12.4 Å². The Morgan fingerprint density at radius 1 is 1.30 bits per heavy atom. The fourth-order valence-electron chi connectivity index (χ4n) is 2.77. The molecule has 1 saturated carbocycles. The van der Waals surface area contributed by atoms with Crippen LogP contribution in [0.5, 0.6) is 5.75 Å². The maximum absolute atomic E-state index is 5.39. The Morgan fingerprint density at radius 3 is 2.70 bits per heavy atom. The van der Waals surface area contributed by atoms with Gasteiger partial charge in [0, 0.05) is 17.8 Å². The minimum atomic E-state index is 0.517. The number of hydrogen-bond acceptors (Lipinski definition) is 2. The van der Waals surface area contributed by atoms with Gasteiger partial charge in [0.25, 0.3) is 0 Å². The van der Waals surface area contributed by atoms with Gasteiger partial charge in [0.2, 0.25) is 0 Å². The maximum Gasteiger partial charge on any atom is 0.170 e. The normalized spacial score (nSPS) is 22.1. The molecule has 1 aromatic carbocycles. The molecule has 0 bridgehead atoms. The Labute approximate surface area is 127 Å². The molecule has 0 radical (unpaired) electrons. The third-order valence-electron chi connectivity index (χ3n) is 4.09. The number of methoxy groups -OCH3 is 1. The van der Waals surface area contributed by atoms with Crippen LogP contribution in [0.1, 0.15) is 39.0 Å². The largest absolute Gasteiger partial charge is 0.497 e. The van der Waals surface area contributed by atoms with Crippen molar-refractivity contribution < 1.29 is 4.74 Å². The summed E-state index contributed by atoms with van der Waals surface area (Å²) < 4.78 is 5.21. The van der Waals surface area contributed by atoms with Gasteiger partial charge in [0.05, 0.1) is 7.11 Å². The van der Waals surface area contributed by atoms with Gasteiger partial charge in [-0.15, -0.1) is 0 Å². The Hall–Kier alpha value is -1.29. The minimum Gasteiger partial charge on any atom is -0.497 e. The molecule has 0 aromatic heterocycles. The first-order valence-corrected chi connectivity index (χ1v) is 7.83. The van der Waals surface area contributed by atoms with E-state index in [0.717, 1.165) is 17.4 Å². The lowest BCUT2D eigenvalue weighted by Gasteiger charge is -2.29. The molecular weight excluding hydrogens is 268 g/mol. The van der Waals surface area contributed by atoms with E-state index in [2.05, 4.69) is 17.6 Å². The molecule has 20 heavy (non-hydrogen) atoms. The van der Waals surface area contributed by atoms with Crippen LogP contribution in [0.4, 0.5) is 5.69 Å². The Morgan fingerprint density at radius 2 is 2.05 bits per heavy atom. The summed E-state index contributed by atoms with van der Waals surface area (Å²) in [5, 5.41) is 7.37. The second kappa shape index (κ2) is 7.48. The van der Waals surface area contributed by atoms with Crippen molar-refractivity contribution >= 4 is 23.0 Å². The summed E-state index contributed by atoms with van der Waals surface area (Å²) >= 11 is 5.39. The molecule has 0 spiro atoms. The first kappa shape index (κ1) is 15.1. The van der Waals surface area contributed by atoms with E-state index < -0.39 is 0 Å². The van der Waals surface area contributed by atoms with E-state index in [1.165, 1.54) is 32.1 Å². The summed E-state index contributed by atoms with van der Waals surface area (Å²) in [5.41, 5.74) is 0.962. The second-order valence-electron chi connectivity index (χ2n) is 5.46. The summed E-state index contributed by atoms with van der Waals surface area (Å²) in [5.74, 6) is 1.74. The minimum absolute atomic E-state index is 0.517. The van der Waals surface area contributed by atoms with E-state index in [0.29, 0.717) is 11.2 Å². The summed E-state index contributed by atoms with van der Waals surface area (Å²) in [6, 6.07) is 8.33. The summed E-state index contributed by atoms with van der Waals surface area (Å²) in [7, 11) is 1.67. The van der Waals surface area contributed by atoms with Gasteiger partial charge < -0.3 is 15.4 Å². The van der Waals surface area contributed by atoms with Gasteiger partial charge in [0.1, 0.15) is 5.75 Å². The van der Waals surface area contributed by atoms with Crippen LogP contribution in [0.3, 0.4) is 0 Å². The van der Waals surface area contributed by atoms with Crippen LogP contribution in [0.15, 0.2) is 24.3 Å². The zero-order valence-electron chi connectivity index (χ0n) is 12.3. The first-order chi connectivity index (χ1) is 9.71. The Kier molecular flexibility index (Phi) is 5.65. The standard InChI is InChI=1S/C16H24N2OS/c1-3-12-7-9-13(10-8-12)17-16(20)18-14-5-4-6-15(11-14)19-2/h4-6,11-13H,3,7-10H2,1-2H3,(H2,17,18,20). The topological polar surface area (TPSA) is 33.3 Å². The molecule has 1 aromatic rings. The summed E-state index contributed by atoms with van der Waals surface area (Å²) in [4.78, 5) is 0. The molecule has 1 fully saturated rings.